The molecule has 1 aliphatic rings. The van der Waals surface area contributed by atoms with E-state index in [1.807, 2.05) is 31.2 Å². The molecule has 1 fully saturated rings. The standard InChI is InChI=1S/C20H23N5O3S/c1-12-6-5-9-14(10-12)22-15(26)11-29-20-24-17(21)16(19(28)25-20)23-18(27)13-7-3-2-4-8-13/h2-10,16-17,20,24H,11,21H2,1H3,(H,22,26)(H,23,27)(H,25,28). The minimum Gasteiger partial charge on any atom is -0.338 e. The van der Waals surface area contributed by atoms with Gasteiger partial charge < -0.3 is 21.7 Å². The van der Waals surface area contributed by atoms with E-state index in [1.165, 1.54) is 11.8 Å². The molecule has 0 aliphatic carbocycles. The zero-order chi connectivity index (χ0) is 20.8. The summed E-state index contributed by atoms with van der Waals surface area (Å²) in [6.45, 7) is 1.94. The summed E-state index contributed by atoms with van der Waals surface area (Å²) < 4.78 is 0. The Bertz CT molecular complexity index is 893. The number of nitrogens with two attached hydrogens (primary N) is 1. The third-order valence-corrected chi connectivity index (χ3v) is 5.28. The number of nitrogens with one attached hydrogen (secondary N) is 4. The van der Waals surface area contributed by atoms with Crippen molar-refractivity contribution in [1.82, 2.24) is 16.0 Å². The second-order valence-corrected chi connectivity index (χ2v) is 7.72. The van der Waals surface area contributed by atoms with Gasteiger partial charge in [0.25, 0.3) is 5.91 Å². The molecule has 0 saturated carbocycles. The van der Waals surface area contributed by atoms with E-state index in [4.69, 9.17) is 5.73 Å². The van der Waals surface area contributed by atoms with Crippen LogP contribution in [0.2, 0.25) is 0 Å². The summed E-state index contributed by atoms with van der Waals surface area (Å²) in [4.78, 5) is 36.8. The fourth-order valence-corrected chi connectivity index (χ4v) is 3.68. The third kappa shape index (κ3) is 5.80. The van der Waals surface area contributed by atoms with Crippen LogP contribution < -0.4 is 27.0 Å². The van der Waals surface area contributed by atoms with Crippen molar-refractivity contribution in [2.24, 2.45) is 5.73 Å². The summed E-state index contributed by atoms with van der Waals surface area (Å²) in [6.07, 6.45) is -0.784. The monoisotopic (exact) mass is 413 g/mol. The van der Waals surface area contributed by atoms with Gasteiger partial charge in [0.1, 0.15) is 11.5 Å². The van der Waals surface area contributed by atoms with Gasteiger partial charge >= 0.3 is 0 Å². The van der Waals surface area contributed by atoms with Crippen molar-refractivity contribution in [3.63, 3.8) is 0 Å². The number of hydrogen-bond donors (Lipinski definition) is 5. The Balaban J connectivity index is 1.48. The van der Waals surface area contributed by atoms with Crippen LogP contribution in [0.25, 0.3) is 0 Å². The van der Waals surface area contributed by atoms with Crippen LogP contribution in [0.3, 0.4) is 0 Å². The number of rotatable bonds is 6. The van der Waals surface area contributed by atoms with Crippen molar-refractivity contribution < 1.29 is 14.4 Å². The van der Waals surface area contributed by atoms with E-state index in [-0.39, 0.29) is 17.6 Å². The number of hydrogen-bond acceptors (Lipinski definition) is 6. The van der Waals surface area contributed by atoms with E-state index in [0.29, 0.717) is 5.56 Å². The molecule has 0 radical (unpaired) electrons. The molecule has 29 heavy (non-hydrogen) atoms. The van der Waals surface area contributed by atoms with Crippen LogP contribution in [0, 0.1) is 6.92 Å². The third-order valence-electron chi connectivity index (χ3n) is 4.26. The van der Waals surface area contributed by atoms with Gasteiger partial charge in [-0.15, -0.1) is 11.8 Å². The van der Waals surface area contributed by atoms with E-state index in [2.05, 4.69) is 21.3 Å². The van der Waals surface area contributed by atoms with Crippen LogP contribution in [-0.4, -0.2) is 41.2 Å². The number of aryl methyl sites for hydroxylation is 1. The Labute approximate surface area is 173 Å². The van der Waals surface area contributed by atoms with Crippen LogP contribution in [0.15, 0.2) is 54.6 Å². The second kappa shape index (κ2) is 9.55. The number of amides is 3. The molecule has 0 spiro atoms. The highest BCUT2D eigenvalue weighted by Crippen LogP contribution is 2.14. The highest BCUT2D eigenvalue weighted by Gasteiger charge is 2.35. The highest BCUT2D eigenvalue weighted by atomic mass is 32.2. The van der Waals surface area contributed by atoms with Crippen molar-refractivity contribution >= 4 is 35.2 Å². The molecule has 3 unspecified atom stereocenters. The van der Waals surface area contributed by atoms with Gasteiger partial charge in [0.05, 0.1) is 11.9 Å². The van der Waals surface area contributed by atoms with E-state index in [0.717, 1.165) is 11.3 Å². The number of thioether (sulfide) groups is 1. The molecule has 152 valence electrons. The van der Waals surface area contributed by atoms with Gasteiger partial charge in [0.15, 0.2) is 0 Å². The molecule has 3 rings (SSSR count). The second-order valence-electron chi connectivity index (χ2n) is 6.63. The molecular weight excluding hydrogens is 390 g/mol. The predicted octanol–water partition coefficient (Wildman–Crippen LogP) is 0.753. The number of benzene rings is 2. The van der Waals surface area contributed by atoms with E-state index in [1.54, 1.807) is 30.3 Å². The minimum atomic E-state index is -0.916. The Hall–Kier alpha value is -2.88. The average Bonchev–Trinajstić information content (AvgIpc) is 2.69. The predicted molar refractivity (Wildman–Crippen MR) is 113 cm³/mol. The SMILES string of the molecule is Cc1cccc(NC(=O)CSC2NC(=O)C(NC(=O)c3ccccc3)C(N)N2)c1. The molecular formula is C20H23N5O3S. The zero-order valence-corrected chi connectivity index (χ0v) is 16.7. The Kier molecular flexibility index (Phi) is 6.86. The topological polar surface area (TPSA) is 125 Å². The van der Waals surface area contributed by atoms with Crippen molar-refractivity contribution in [3.8, 4) is 0 Å². The maximum absolute atomic E-state index is 12.4. The molecule has 6 N–H and O–H groups in total. The first kappa shape index (κ1) is 20.8. The molecule has 2 aromatic rings. The summed E-state index contributed by atoms with van der Waals surface area (Å²) >= 11 is 1.21. The first-order valence-corrected chi connectivity index (χ1v) is 10.1. The summed E-state index contributed by atoms with van der Waals surface area (Å²) in [5.41, 5.74) is 7.70. The molecule has 3 atom stereocenters. The van der Waals surface area contributed by atoms with Crippen LogP contribution in [0.5, 0.6) is 0 Å². The average molecular weight is 414 g/mol. The summed E-state index contributed by atoms with van der Waals surface area (Å²) in [6, 6.07) is 15.2. The Morgan fingerprint density at radius 2 is 1.90 bits per heavy atom. The number of anilines is 1. The molecule has 0 aromatic heterocycles. The van der Waals surface area contributed by atoms with E-state index in [9.17, 15) is 14.4 Å². The van der Waals surface area contributed by atoms with Crippen molar-refractivity contribution in [2.75, 3.05) is 11.1 Å². The number of carbonyl (C=O) groups is 3. The largest absolute Gasteiger partial charge is 0.338 e. The minimum absolute atomic E-state index is 0.125. The lowest BCUT2D eigenvalue weighted by atomic mass is 10.1. The van der Waals surface area contributed by atoms with Gasteiger partial charge in [-0.1, -0.05) is 30.3 Å². The zero-order valence-electron chi connectivity index (χ0n) is 15.8. The molecule has 9 heteroatoms. The summed E-state index contributed by atoms with van der Waals surface area (Å²) in [5.74, 6) is -0.854. The van der Waals surface area contributed by atoms with Gasteiger partial charge in [0, 0.05) is 11.3 Å². The van der Waals surface area contributed by atoms with Crippen molar-refractivity contribution in [2.45, 2.75) is 24.6 Å². The van der Waals surface area contributed by atoms with Crippen LogP contribution in [-0.2, 0) is 9.59 Å². The maximum atomic E-state index is 12.4. The lowest BCUT2D eigenvalue weighted by molar-refractivity contribution is -0.125. The van der Waals surface area contributed by atoms with Crippen LogP contribution in [0.1, 0.15) is 15.9 Å². The molecule has 1 saturated heterocycles. The molecule has 1 aliphatic heterocycles. The molecule has 8 nitrogen and oxygen atoms in total. The summed E-state index contributed by atoms with van der Waals surface area (Å²) in [5, 5.41) is 11.2. The van der Waals surface area contributed by atoms with Crippen molar-refractivity contribution in [3.05, 3.63) is 65.7 Å². The molecule has 0 bridgehead atoms. The molecule has 1 heterocycles. The van der Waals surface area contributed by atoms with Gasteiger partial charge in [-0.05, 0) is 36.8 Å². The fourth-order valence-electron chi connectivity index (χ4n) is 2.83. The summed E-state index contributed by atoms with van der Waals surface area (Å²) in [7, 11) is 0. The quantitative estimate of drug-likeness (QED) is 0.476. The lowest BCUT2D eigenvalue weighted by Gasteiger charge is -2.35. The smallest absolute Gasteiger partial charge is 0.252 e. The van der Waals surface area contributed by atoms with Crippen molar-refractivity contribution in [1.29, 1.82) is 0 Å². The Morgan fingerprint density at radius 1 is 1.14 bits per heavy atom. The van der Waals surface area contributed by atoms with Crippen LogP contribution in [0.4, 0.5) is 5.69 Å². The lowest BCUT2D eigenvalue weighted by Crippen LogP contribution is -2.70. The van der Waals surface area contributed by atoms with Gasteiger partial charge in [-0.2, -0.15) is 0 Å². The van der Waals surface area contributed by atoms with Gasteiger partial charge in [-0.25, -0.2) is 0 Å². The van der Waals surface area contributed by atoms with Crippen LogP contribution >= 0.6 is 11.8 Å². The van der Waals surface area contributed by atoms with E-state index < -0.39 is 23.6 Å². The first-order valence-electron chi connectivity index (χ1n) is 9.08. The highest BCUT2D eigenvalue weighted by molar-refractivity contribution is 8.00. The number of carbonyl (C=O) groups excluding carboxylic acids is 3. The van der Waals surface area contributed by atoms with E-state index >= 15 is 0 Å². The van der Waals surface area contributed by atoms with Gasteiger partial charge in [0.2, 0.25) is 11.8 Å². The normalized spacial score (nSPS) is 21.2. The van der Waals surface area contributed by atoms with Gasteiger partial charge in [-0.3, -0.25) is 19.7 Å². The maximum Gasteiger partial charge on any atom is 0.252 e. The molecule has 3 amide bonds. The fraction of sp³-hybridized carbons (Fsp3) is 0.250. The molecule has 2 aromatic carbocycles. The Morgan fingerprint density at radius 3 is 2.59 bits per heavy atom. The first-order chi connectivity index (χ1) is 13.9.